The summed E-state index contributed by atoms with van der Waals surface area (Å²) in [6.45, 7) is 0. The Morgan fingerprint density at radius 3 is 2.00 bits per heavy atom. The van der Waals surface area contributed by atoms with Crippen molar-refractivity contribution >= 4 is 5.69 Å². The van der Waals surface area contributed by atoms with Crippen LogP contribution in [0.3, 0.4) is 0 Å². The molecule has 0 fully saturated rings. The van der Waals surface area contributed by atoms with E-state index in [9.17, 15) is 17.6 Å². The van der Waals surface area contributed by atoms with E-state index < -0.39 is 17.6 Å². The van der Waals surface area contributed by atoms with Crippen LogP contribution in [-0.4, -0.2) is 0 Å². The molecule has 0 spiro atoms. The number of hydrogen-bond acceptors (Lipinski definition) is 1. The number of halogens is 4. The molecule has 0 unspecified atom stereocenters. The van der Waals surface area contributed by atoms with Gasteiger partial charge < -0.3 is 5.73 Å². The number of benzene rings is 2. The van der Waals surface area contributed by atoms with Gasteiger partial charge in [-0.25, -0.2) is 4.39 Å². The van der Waals surface area contributed by atoms with Crippen LogP contribution in [0.1, 0.15) is 5.56 Å². The molecule has 0 amide bonds. The molecule has 94 valence electrons. The van der Waals surface area contributed by atoms with Crippen molar-refractivity contribution in [1.82, 2.24) is 0 Å². The molecule has 18 heavy (non-hydrogen) atoms. The van der Waals surface area contributed by atoms with Gasteiger partial charge in [-0.1, -0.05) is 18.2 Å². The second-order valence-corrected chi connectivity index (χ2v) is 3.81. The summed E-state index contributed by atoms with van der Waals surface area (Å²) < 4.78 is 50.1. The van der Waals surface area contributed by atoms with E-state index in [1.54, 1.807) is 0 Å². The summed E-state index contributed by atoms with van der Waals surface area (Å²) in [7, 11) is 0. The Hall–Kier alpha value is -2.04. The van der Waals surface area contributed by atoms with Crippen molar-refractivity contribution in [3.05, 3.63) is 53.8 Å². The maximum atomic E-state index is 12.7. The van der Waals surface area contributed by atoms with Crippen molar-refractivity contribution in [2.24, 2.45) is 0 Å². The lowest BCUT2D eigenvalue weighted by Gasteiger charge is -2.11. The third kappa shape index (κ3) is 2.45. The minimum absolute atomic E-state index is 0.0106. The summed E-state index contributed by atoms with van der Waals surface area (Å²) in [5.41, 5.74) is 5.82. The highest BCUT2D eigenvalue weighted by molar-refractivity contribution is 5.76. The molecule has 2 aromatic rings. The smallest absolute Gasteiger partial charge is 0.398 e. The lowest BCUT2D eigenvalue weighted by Crippen LogP contribution is -2.05. The van der Waals surface area contributed by atoms with Crippen LogP contribution in [0.2, 0.25) is 0 Å². The molecule has 2 rings (SSSR count). The van der Waals surface area contributed by atoms with Gasteiger partial charge in [0.05, 0.1) is 5.56 Å². The molecule has 0 aliphatic heterocycles. The van der Waals surface area contributed by atoms with Gasteiger partial charge in [0.25, 0.3) is 0 Å². The second kappa shape index (κ2) is 4.33. The predicted molar refractivity (Wildman–Crippen MR) is 61.3 cm³/mol. The zero-order valence-corrected chi connectivity index (χ0v) is 9.13. The Morgan fingerprint density at radius 2 is 1.50 bits per heavy atom. The van der Waals surface area contributed by atoms with Crippen molar-refractivity contribution < 1.29 is 17.6 Å². The van der Waals surface area contributed by atoms with Crippen LogP contribution in [0.15, 0.2) is 42.5 Å². The fourth-order valence-electron chi connectivity index (χ4n) is 1.63. The fourth-order valence-corrected chi connectivity index (χ4v) is 1.63. The first-order valence-electron chi connectivity index (χ1n) is 5.10. The summed E-state index contributed by atoms with van der Waals surface area (Å²) in [4.78, 5) is 0. The van der Waals surface area contributed by atoms with Crippen molar-refractivity contribution in [1.29, 1.82) is 0 Å². The van der Waals surface area contributed by atoms with Gasteiger partial charge in [-0.3, -0.25) is 0 Å². The minimum atomic E-state index is -4.42. The fraction of sp³-hybridized carbons (Fsp3) is 0.0769. The van der Waals surface area contributed by atoms with Gasteiger partial charge in [0.15, 0.2) is 0 Å². The van der Waals surface area contributed by atoms with Gasteiger partial charge in [-0.2, -0.15) is 13.2 Å². The van der Waals surface area contributed by atoms with E-state index in [0.717, 1.165) is 12.1 Å². The van der Waals surface area contributed by atoms with Crippen LogP contribution in [0.4, 0.5) is 23.2 Å². The van der Waals surface area contributed by atoms with Gasteiger partial charge in [-0.05, 0) is 29.8 Å². The average Bonchev–Trinajstić information content (AvgIpc) is 2.29. The van der Waals surface area contributed by atoms with Crippen molar-refractivity contribution in [2.45, 2.75) is 6.18 Å². The number of rotatable bonds is 1. The largest absolute Gasteiger partial charge is 0.416 e. The third-order valence-electron chi connectivity index (χ3n) is 2.53. The van der Waals surface area contributed by atoms with Crippen molar-refractivity contribution in [2.75, 3.05) is 5.73 Å². The number of alkyl halides is 3. The van der Waals surface area contributed by atoms with Gasteiger partial charge in [-0.15, -0.1) is 0 Å². The van der Waals surface area contributed by atoms with E-state index in [2.05, 4.69) is 0 Å². The minimum Gasteiger partial charge on any atom is -0.398 e. The molecule has 0 radical (unpaired) electrons. The van der Waals surface area contributed by atoms with Gasteiger partial charge in [0.2, 0.25) is 0 Å². The van der Waals surface area contributed by atoms with Crippen LogP contribution in [0, 0.1) is 5.82 Å². The SMILES string of the molecule is Nc1cc(C(F)(F)F)ccc1-c1ccc(F)cc1. The molecule has 0 aliphatic carbocycles. The quantitative estimate of drug-likeness (QED) is 0.602. The number of hydrogen-bond donors (Lipinski definition) is 1. The molecule has 5 heteroatoms. The molecule has 2 N–H and O–H groups in total. The first-order valence-corrected chi connectivity index (χ1v) is 5.10. The van der Waals surface area contributed by atoms with Crippen molar-refractivity contribution in [3.8, 4) is 11.1 Å². The molecule has 0 saturated heterocycles. The molecule has 0 atom stereocenters. The maximum Gasteiger partial charge on any atom is 0.416 e. The number of anilines is 1. The first kappa shape index (κ1) is 12.4. The summed E-state index contributed by atoms with van der Waals surface area (Å²) in [6.07, 6.45) is -4.42. The van der Waals surface area contributed by atoms with Crippen molar-refractivity contribution in [3.63, 3.8) is 0 Å². The van der Waals surface area contributed by atoms with Gasteiger partial charge in [0, 0.05) is 11.3 Å². The van der Waals surface area contributed by atoms with Gasteiger partial charge >= 0.3 is 6.18 Å². The normalized spacial score (nSPS) is 11.6. The van der Waals surface area contributed by atoms with E-state index in [-0.39, 0.29) is 5.69 Å². The summed E-state index contributed by atoms with van der Waals surface area (Å²) in [6, 6.07) is 8.50. The number of nitrogen functional groups attached to an aromatic ring is 1. The molecule has 0 heterocycles. The van der Waals surface area contributed by atoms with Crippen LogP contribution in [0.5, 0.6) is 0 Å². The Bertz CT molecular complexity index is 558. The summed E-state index contributed by atoms with van der Waals surface area (Å²) in [5, 5.41) is 0. The molecule has 0 aromatic heterocycles. The lowest BCUT2D eigenvalue weighted by atomic mass is 10.0. The molecule has 2 aromatic carbocycles. The van der Waals surface area contributed by atoms with E-state index in [1.807, 2.05) is 0 Å². The zero-order chi connectivity index (χ0) is 13.3. The highest BCUT2D eigenvalue weighted by Crippen LogP contribution is 2.34. The third-order valence-corrected chi connectivity index (χ3v) is 2.53. The zero-order valence-electron chi connectivity index (χ0n) is 9.13. The molecular weight excluding hydrogens is 246 g/mol. The molecule has 0 saturated carbocycles. The first-order chi connectivity index (χ1) is 8.38. The Balaban J connectivity index is 2.45. The summed E-state index contributed by atoms with van der Waals surface area (Å²) >= 11 is 0. The molecule has 0 aliphatic rings. The Morgan fingerprint density at radius 1 is 0.889 bits per heavy atom. The van der Waals surface area contributed by atoms with Crippen LogP contribution >= 0.6 is 0 Å². The van der Waals surface area contributed by atoms with E-state index in [4.69, 9.17) is 5.73 Å². The molecule has 1 nitrogen and oxygen atoms in total. The lowest BCUT2D eigenvalue weighted by molar-refractivity contribution is -0.137. The monoisotopic (exact) mass is 255 g/mol. The van der Waals surface area contributed by atoms with Crippen LogP contribution < -0.4 is 5.73 Å². The highest BCUT2D eigenvalue weighted by atomic mass is 19.4. The Labute approximate surface area is 101 Å². The number of nitrogens with two attached hydrogens (primary N) is 1. The molecule has 0 bridgehead atoms. The Kier molecular flexibility index (Phi) is 2.98. The second-order valence-electron chi connectivity index (χ2n) is 3.81. The van der Waals surface area contributed by atoms with Gasteiger partial charge in [0.1, 0.15) is 5.82 Å². The predicted octanol–water partition coefficient (Wildman–Crippen LogP) is 4.09. The van der Waals surface area contributed by atoms with E-state index in [1.165, 1.54) is 30.3 Å². The maximum absolute atomic E-state index is 12.7. The average molecular weight is 255 g/mol. The van der Waals surface area contributed by atoms with Crippen LogP contribution in [-0.2, 0) is 6.18 Å². The highest BCUT2D eigenvalue weighted by Gasteiger charge is 2.30. The standard InChI is InChI=1S/C13H9F4N/c14-10-4-1-8(2-5-10)11-6-3-9(7-12(11)18)13(15,16)17/h1-7H,18H2. The molecular formula is C13H9F4N. The van der Waals surface area contributed by atoms with Crippen LogP contribution in [0.25, 0.3) is 11.1 Å². The summed E-state index contributed by atoms with van der Waals surface area (Å²) in [5.74, 6) is -0.413. The topological polar surface area (TPSA) is 26.0 Å². The van der Waals surface area contributed by atoms with E-state index >= 15 is 0 Å². The van der Waals surface area contributed by atoms with E-state index in [0.29, 0.717) is 11.1 Å².